The predicted molar refractivity (Wildman–Crippen MR) is 61.5 cm³/mol. The molecule has 1 atom stereocenters. The second-order valence-electron chi connectivity index (χ2n) is 5.39. The lowest BCUT2D eigenvalue weighted by Crippen LogP contribution is -2.54. The Morgan fingerprint density at radius 3 is 2.44 bits per heavy atom. The topological polar surface area (TPSA) is 32.3 Å². The molecule has 2 rings (SSSR count). The van der Waals surface area contributed by atoms with E-state index in [1.54, 1.807) is 13.8 Å². The quantitative estimate of drug-likeness (QED) is 0.759. The number of aliphatic hydroxyl groups is 1. The van der Waals surface area contributed by atoms with Crippen LogP contribution >= 0.6 is 0 Å². The standard InChI is InChI=1S/C13H16F3NO/c1-12(2)7-17-6-5-13(12,18)8-3-4-9(14)11(16)10(8)15/h3-4,17-18H,5-7H2,1-2H3. The molecule has 18 heavy (non-hydrogen) atoms. The highest BCUT2D eigenvalue weighted by Crippen LogP contribution is 2.45. The first-order valence-corrected chi connectivity index (χ1v) is 5.87. The first kappa shape index (κ1) is 13.4. The van der Waals surface area contributed by atoms with Crippen LogP contribution < -0.4 is 5.32 Å². The molecule has 1 aliphatic rings. The Balaban J connectivity index is 2.56. The van der Waals surface area contributed by atoms with E-state index in [1.807, 2.05) is 0 Å². The molecule has 1 aliphatic heterocycles. The molecule has 100 valence electrons. The van der Waals surface area contributed by atoms with Crippen LogP contribution in [0.2, 0.25) is 0 Å². The number of hydrogen-bond donors (Lipinski definition) is 2. The van der Waals surface area contributed by atoms with Crippen molar-refractivity contribution in [2.75, 3.05) is 13.1 Å². The number of rotatable bonds is 1. The molecule has 0 amide bonds. The SMILES string of the molecule is CC1(C)CNCCC1(O)c1ccc(F)c(F)c1F. The van der Waals surface area contributed by atoms with Gasteiger partial charge in [-0.05, 0) is 19.0 Å². The lowest BCUT2D eigenvalue weighted by Gasteiger charge is -2.47. The minimum Gasteiger partial charge on any atom is -0.384 e. The van der Waals surface area contributed by atoms with Gasteiger partial charge in [0.2, 0.25) is 0 Å². The van der Waals surface area contributed by atoms with Crippen LogP contribution in [0.1, 0.15) is 25.8 Å². The lowest BCUT2D eigenvalue weighted by atomic mass is 9.67. The molecule has 1 saturated heterocycles. The van der Waals surface area contributed by atoms with Crippen LogP contribution in [-0.4, -0.2) is 18.2 Å². The van der Waals surface area contributed by atoms with E-state index in [1.165, 1.54) is 0 Å². The third-order valence-electron chi connectivity index (χ3n) is 3.83. The first-order chi connectivity index (χ1) is 8.29. The normalized spacial score (nSPS) is 27.2. The molecular formula is C13H16F3NO. The van der Waals surface area contributed by atoms with Gasteiger partial charge in [-0.1, -0.05) is 19.9 Å². The Morgan fingerprint density at radius 1 is 1.17 bits per heavy atom. The summed E-state index contributed by atoms with van der Waals surface area (Å²) in [6, 6.07) is 1.98. The van der Waals surface area contributed by atoms with Crippen molar-refractivity contribution in [1.29, 1.82) is 0 Å². The van der Waals surface area contributed by atoms with Crippen LogP contribution in [0.25, 0.3) is 0 Å². The van der Waals surface area contributed by atoms with Gasteiger partial charge >= 0.3 is 0 Å². The average molecular weight is 259 g/mol. The molecule has 2 nitrogen and oxygen atoms in total. The van der Waals surface area contributed by atoms with Crippen molar-refractivity contribution in [3.05, 3.63) is 35.1 Å². The average Bonchev–Trinajstić information content (AvgIpc) is 2.30. The van der Waals surface area contributed by atoms with E-state index in [2.05, 4.69) is 5.32 Å². The summed E-state index contributed by atoms with van der Waals surface area (Å²) in [6.45, 7) is 4.50. The molecule has 1 fully saturated rings. The molecule has 0 aliphatic carbocycles. The summed E-state index contributed by atoms with van der Waals surface area (Å²) in [5.41, 5.74) is -2.35. The molecule has 5 heteroatoms. The minimum absolute atomic E-state index is 0.173. The molecule has 1 heterocycles. The Morgan fingerprint density at radius 2 is 1.83 bits per heavy atom. The van der Waals surface area contributed by atoms with E-state index in [0.29, 0.717) is 13.1 Å². The zero-order valence-corrected chi connectivity index (χ0v) is 10.4. The fraction of sp³-hybridized carbons (Fsp3) is 0.538. The highest BCUT2D eigenvalue weighted by molar-refractivity contribution is 5.29. The summed E-state index contributed by atoms with van der Waals surface area (Å²) in [6.07, 6.45) is 0.252. The van der Waals surface area contributed by atoms with Crippen LogP contribution in [0.4, 0.5) is 13.2 Å². The highest BCUT2D eigenvalue weighted by Gasteiger charge is 2.48. The van der Waals surface area contributed by atoms with Crippen LogP contribution in [0.5, 0.6) is 0 Å². The fourth-order valence-electron chi connectivity index (χ4n) is 2.50. The molecule has 1 aromatic carbocycles. The number of halogens is 3. The zero-order chi connectivity index (χ0) is 13.6. The molecule has 1 unspecified atom stereocenters. The monoisotopic (exact) mass is 259 g/mol. The summed E-state index contributed by atoms with van der Waals surface area (Å²) in [5.74, 6) is -4.07. The Hall–Kier alpha value is -1.07. The smallest absolute Gasteiger partial charge is 0.194 e. The Bertz CT molecular complexity index is 476. The largest absolute Gasteiger partial charge is 0.384 e. The highest BCUT2D eigenvalue weighted by atomic mass is 19.2. The molecule has 0 saturated carbocycles. The molecule has 1 aromatic rings. The summed E-state index contributed by atoms with van der Waals surface area (Å²) in [4.78, 5) is 0. The number of piperidine rings is 1. The summed E-state index contributed by atoms with van der Waals surface area (Å²) in [7, 11) is 0. The number of benzene rings is 1. The first-order valence-electron chi connectivity index (χ1n) is 5.87. The zero-order valence-electron chi connectivity index (χ0n) is 10.4. The van der Waals surface area contributed by atoms with E-state index in [9.17, 15) is 18.3 Å². The third-order valence-corrected chi connectivity index (χ3v) is 3.83. The molecule has 0 radical (unpaired) electrons. The van der Waals surface area contributed by atoms with E-state index >= 15 is 0 Å². The van der Waals surface area contributed by atoms with Gasteiger partial charge in [0.25, 0.3) is 0 Å². The van der Waals surface area contributed by atoms with Gasteiger partial charge < -0.3 is 10.4 Å². The van der Waals surface area contributed by atoms with Gasteiger partial charge in [-0.15, -0.1) is 0 Å². The summed E-state index contributed by atoms with van der Waals surface area (Å²) >= 11 is 0. The van der Waals surface area contributed by atoms with Gasteiger partial charge in [0.15, 0.2) is 17.5 Å². The van der Waals surface area contributed by atoms with Crippen molar-refractivity contribution in [3.8, 4) is 0 Å². The van der Waals surface area contributed by atoms with Crippen molar-refractivity contribution in [2.24, 2.45) is 5.41 Å². The second-order valence-corrected chi connectivity index (χ2v) is 5.39. The molecule has 0 aromatic heterocycles. The van der Waals surface area contributed by atoms with Crippen molar-refractivity contribution in [1.82, 2.24) is 5.32 Å². The van der Waals surface area contributed by atoms with Gasteiger partial charge in [0, 0.05) is 17.5 Å². The molecule has 0 bridgehead atoms. The van der Waals surface area contributed by atoms with Crippen LogP contribution in [0.15, 0.2) is 12.1 Å². The van der Waals surface area contributed by atoms with Gasteiger partial charge in [-0.2, -0.15) is 0 Å². The third kappa shape index (κ3) is 1.82. The van der Waals surface area contributed by atoms with E-state index in [0.717, 1.165) is 12.1 Å². The maximum absolute atomic E-state index is 13.8. The van der Waals surface area contributed by atoms with E-state index < -0.39 is 28.5 Å². The van der Waals surface area contributed by atoms with Crippen molar-refractivity contribution in [3.63, 3.8) is 0 Å². The minimum atomic E-state index is -1.53. The lowest BCUT2D eigenvalue weighted by molar-refractivity contribution is -0.0971. The van der Waals surface area contributed by atoms with Crippen LogP contribution in [-0.2, 0) is 5.60 Å². The van der Waals surface area contributed by atoms with Crippen molar-refractivity contribution >= 4 is 0 Å². The van der Waals surface area contributed by atoms with Crippen molar-refractivity contribution < 1.29 is 18.3 Å². The van der Waals surface area contributed by atoms with E-state index in [4.69, 9.17) is 0 Å². The number of hydrogen-bond acceptors (Lipinski definition) is 2. The summed E-state index contributed by atoms with van der Waals surface area (Å²) in [5, 5.41) is 13.8. The molecule has 0 spiro atoms. The van der Waals surface area contributed by atoms with Crippen LogP contribution in [0, 0.1) is 22.9 Å². The molecule has 2 N–H and O–H groups in total. The Labute approximate surface area is 104 Å². The maximum atomic E-state index is 13.8. The van der Waals surface area contributed by atoms with E-state index in [-0.39, 0.29) is 12.0 Å². The van der Waals surface area contributed by atoms with Gasteiger partial charge in [-0.25, -0.2) is 13.2 Å². The van der Waals surface area contributed by atoms with Gasteiger partial charge in [0.05, 0.1) is 0 Å². The fourth-order valence-corrected chi connectivity index (χ4v) is 2.50. The molecular weight excluding hydrogens is 243 g/mol. The van der Waals surface area contributed by atoms with Gasteiger partial charge in [0.1, 0.15) is 5.60 Å². The van der Waals surface area contributed by atoms with Gasteiger partial charge in [-0.3, -0.25) is 0 Å². The maximum Gasteiger partial charge on any atom is 0.194 e. The number of nitrogens with one attached hydrogen (secondary N) is 1. The Kier molecular flexibility index (Phi) is 3.15. The predicted octanol–water partition coefficient (Wildman–Crippen LogP) is 2.31. The van der Waals surface area contributed by atoms with Crippen LogP contribution in [0.3, 0.4) is 0 Å². The second kappa shape index (κ2) is 4.24. The summed E-state index contributed by atoms with van der Waals surface area (Å²) < 4.78 is 40.1. The van der Waals surface area contributed by atoms with Crippen molar-refractivity contribution in [2.45, 2.75) is 25.9 Å².